The second-order valence-electron chi connectivity index (χ2n) is 4.40. The van der Waals surface area contributed by atoms with Gasteiger partial charge in [-0.1, -0.05) is 18.2 Å². The molecule has 0 aliphatic rings. The van der Waals surface area contributed by atoms with Crippen molar-refractivity contribution in [3.05, 3.63) is 51.6 Å². The Morgan fingerprint density at radius 2 is 2.00 bits per heavy atom. The van der Waals surface area contributed by atoms with Crippen LogP contribution in [0.5, 0.6) is 11.5 Å². The van der Waals surface area contributed by atoms with Gasteiger partial charge in [-0.3, -0.25) is 0 Å². The van der Waals surface area contributed by atoms with E-state index in [1.165, 1.54) is 0 Å². The number of nitrogens with one attached hydrogen (secondary N) is 2. The van der Waals surface area contributed by atoms with E-state index in [1.54, 1.807) is 7.11 Å². The van der Waals surface area contributed by atoms with Crippen molar-refractivity contribution in [2.24, 2.45) is 0 Å². The second kappa shape index (κ2) is 8.46. The first-order valence-electron chi connectivity index (χ1n) is 6.64. The number of rotatable bonds is 7. The topological polar surface area (TPSA) is 66.3 Å². The number of hydrogen-bond acceptors (Lipinski definition) is 5. The molecule has 0 saturated heterocycles. The summed E-state index contributed by atoms with van der Waals surface area (Å²) in [5, 5.41) is 8.62. The molecular formula is C16H16IN3O2. The number of para-hydroxylation sites is 1. The van der Waals surface area contributed by atoms with Crippen molar-refractivity contribution in [2.75, 3.05) is 19.1 Å². The van der Waals surface area contributed by atoms with Gasteiger partial charge >= 0.3 is 0 Å². The Labute approximate surface area is 143 Å². The summed E-state index contributed by atoms with van der Waals surface area (Å²) in [7, 11) is 1.59. The molecule has 5 nitrogen and oxygen atoms in total. The molecule has 114 valence electrons. The molecule has 6 heteroatoms. The maximum Gasteiger partial charge on any atom is 0.176 e. The molecule has 0 radical (unpaired) electrons. The molecule has 2 aromatic carbocycles. The maximum absolute atomic E-state index is 8.62. The van der Waals surface area contributed by atoms with Gasteiger partial charge in [0.25, 0.3) is 0 Å². The molecule has 0 aromatic heterocycles. The maximum atomic E-state index is 8.62. The highest BCUT2D eigenvalue weighted by molar-refractivity contribution is 14.1. The van der Waals surface area contributed by atoms with Gasteiger partial charge in [-0.25, -0.2) is 5.43 Å². The Balaban J connectivity index is 2.02. The molecular weight excluding hydrogens is 393 g/mol. The van der Waals surface area contributed by atoms with E-state index in [9.17, 15) is 0 Å². The number of hydrazine groups is 1. The van der Waals surface area contributed by atoms with Gasteiger partial charge < -0.3 is 14.9 Å². The number of anilines is 1. The average molecular weight is 409 g/mol. The van der Waals surface area contributed by atoms with E-state index < -0.39 is 0 Å². The molecule has 0 heterocycles. The normalized spacial score (nSPS) is 9.86. The molecule has 0 unspecified atom stereocenters. The highest BCUT2D eigenvalue weighted by Gasteiger charge is 2.11. The quantitative estimate of drug-likeness (QED) is 0.543. The smallest absolute Gasteiger partial charge is 0.176 e. The Kier molecular flexibility index (Phi) is 6.30. The summed E-state index contributed by atoms with van der Waals surface area (Å²) in [5.41, 5.74) is 8.34. The number of nitriles is 1. The summed E-state index contributed by atoms with van der Waals surface area (Å²) in [6, 6.07) is 15.7. The van der Waals surface area contributed by atoms with E-state index in [-0.39, 0.29) is 6.61 Å². The van der Waals surface area contributed by atoms with Crippen LogP contribution in [0.3, 0.4) is 0 Å². The van der Waals surface area contributed by atoms with Crippen molar-refractivity contribution in [2.45, 2.75) is 6.54 Å². The number of nitrogens with zero attached hydrogens (tertiary/aromatic N) is 1. The number of benzene rings is 2. The van der Waals surface area contributed by atoms with Crippen LogP contribution in [-0.2, 0) is 6.54 Å². The van der Waals surface area contributed by atoms with E-state index in [0.717, 1.165) is 14.8 Å². The van der Waals surface area contributed by atoms with Crippen LogP contribution in [0.2, 0.25) is 0 Å². The third-order valence-corrected chi connectivity index (χ3v) is 3.67. The Morgan fingerprint density at radius 1 is 1.23 bits per heavy atom. The minimum absolute atomic E-state index is 0.000475. The lowest BCUT2D eigenvalue weighted by molar-refractivity contribution is 0.327. The lowest BCUT2D eigenvalue weighted by Gasteiger charge is -2.14. The van der Waals surface area contributed by atoms with Crippen molar-refractivity contribution < 1.29 is 9.47 Å². The molecule has 0 amide bonds. The monoisotopic (exact) mass is 409 g/mol. The van der Waals surface area contributed by atoms with Crippen LogP contribution in [0.25, 0.3) is 0 Å². The Hall–Kier alpha value is -1.98. The predicted molar refractivity (Wildman–Crippen MR) is 93.7 cm³/mol. The molecule has 2 rings (SSSR count). The number of ether oxygens (including phenoxy) is 2. The zero-order valence-electron chi connectivity index (χ0n) is 12.1. The SMILES string of the molecule is COc1cc(CNNc2ccccc2)cc(I)c1OCC#N. The zero-order valence-corrected chi connectivity index (χ0v) is 14.3. The van der Waals surface area contributed by atoms with Gasteiger partial charge in [-0.15, -0.1) is 0 Å². The van der Waals surface area contributed by atoms with Gasteiger partial charge in [-0.2, -0.15) is 5.26 Å². The summed E-state index contributed by atoms with van der Waals surface area (Å²) in [6.45, 7) is 0.624. The molecule has 22 heavy (non-hydrogen) atoms. The molecule has 0 spiro atoms. The zero-order chi connectivity index (χ0) is 15.8. The third-order valence-electron chi connectivity index (χ3n) is 2.87. The van der Waals surface area contributed by atoms with E-state index in [1.807, 2.05) is 48.5 Å². The van der Waals surface area contributed by atoms with Gasteiger partial charge in [0, 0.05) is 12.2 Å². The van der Waals surface area contributed by atoms with Crippen molar-refractivity contribution >= 4 is 28.3 Å². The van der Waals surface area contributed by atoms with Gasteiger partial charge in [0.2, 0.25) is 0 Å². The lowest BCUT2D eigenvalue weighted by atomic mass is 10.2. The highest BCUT2D eigenvalue weighted by Crippen LogP contribution is 2.33. The number of methoxy groups -OCH3 is 1. The van der Waals surface area contributed by atoms with E-state index in [0.29, 0.717) is 18.0 Å². The molecule has 0 saturated carbocycles. The third kappa shape index (κ3) is 4.51. The first-order chi connectivity index (χ1) is 10.7. The number of halogens is 1. The van der Waals surface area contributed by atoms with Crippen LogP contribution in [-0.4, -0.2) is 13.7 Å². The van der Waals surface area contributed by atoms with Gasteiger partial charge in [0.15, 0.2) is 18.1 Å². The first-order valence-corrected chi connectivity index (χ1v) is 7.72. The Bertz CT molecular complexity index is 656. The number of hydrogen-bond donors (Lipinski definition) is 2. The lowest BCUT2D eigenvalue weighted by Crippen LogP contribution is -2.20. The summed E-state index contributed by atoms with van der Waals surface area (Å²) in [4.78, 5) is 0. The standard InChI is InChI=1S/C16H16IN3O2/c1-21-15-10-12(9-14(17)16(15)22-8-7-18)11-19-20-13-5-3-2-4-6-13/h2-6,9-10,19-20H,8,11H2,1H3. The van der Waals surface area contributed by atoms with Crippen molar-refractivity contribution in [1.29, 1.82) is 5.26 Å². The predicted octanol–water partition coefficient (Wildman–Crippen LogP) is 3.32. The van der Waals surface area contributed by atoms with Crippen LogP contribution in [0.4, 0.5) is 5.69 Å². The van der Waals surface area contributed by atoms with Gasteiger partial charge in [0.05, 0.1) is 10.7 Å². The molecule has 2 aromatic rings. The fourth-order valence-corrected chi connectivity index (χ4v) is 2.71. The minimum atomic E-state index is -0.000475. The van der Waals surface area contributed by atoms with Gasteiger partial charge in [0.1, 0.15) is 6.07 Å². The first kappa shape index (κ1) is 16.4. The largest absolute Gasteiger partial charge is 0.493 e. The minimum Gasteiger partial charge on any atom is -0.493 e. The van der Waals surface area contributed by atoms with Crippen LogP contribution in [0.1, 0.15) is 5.56 Å². The average Bonchev–Trinajstić information content (AvgIpc) is 2.54. The highest BCUT2D eigenvalue weighted by atomic mass is 127. The molecule has 2 N–H and O–H groups in total. The van der Waals surface area contributed by atoms with Crippen molar-refractivity contribution in [1.82, 2.24) is 5.43 Å². The Morgan fingerprint density at radius 3 is 2.68 bits per heavy atom. The molecule has 0 bridgehead atoms. The molecule has 0 aliphatic carbocycles. The molecule has 0 aliphatic heterocycles. The van der Waals surface area contributed by atoms with Crippen LogP contribution in [0.15, 0.2) is 42.5 Å². The van der Waals surface area contributed by atoms with E-state index in [4.69, 9.17) is 14.7 Å². The van der Waals surface area contributed by atoms with E-state index in [2.05, 4.69) is 33.4 Å². The van der Waals surface area contributed by atoms with E-state index >= 15 is 0 Å². The van der Waals surface area contributed by atoms with Crippen molar-refractivity contribution in [3.63, 3.8) is 0 Å². The molecule has 0 atom stereocenters. The van der Waals surface area contributed by atoms with Gasteiger partial charge in [-0.05, 0) is 52.4 Å². The molecule has 0 fully saturated rings. The van der Waals surface area contributed by atoms with Crippen molar-refractivity contribution in [3.8, 4) is 17.6 Å². The van der Waals surface area contributed by atoms with Crippen LogP contribution in [0, 0.1) is 14.9 Å². The summed E-state index contributed by atoms with van der Waals surface area (Å²) >= 11 is 2.18. The summed E-state index contributed by atoms with van der Waals surface area (Å²) in [5.74, 6) is 1.23. The van der Waals surface area contributed by atoms with Crippen LogP contribution >= 0.6 is 22.6 Å². The second-order valence-corrected chi connectivity index (χ2v) is 5.56. The summed E-state index contributed by atoms with van der Waals surface area (Å²) in [6.07, 6.45) is 0. The summed E-state index contributed by atoms with van der Waals surface area (Å²) < 4.78 is 11.7. The fourth-order valence-electron chi connectivity index (χ4n) is 1.89. The fraction of sp³-hybridized carbons (Fsp3) is 0.188. The van der Waals surface area contributed by atoms with Crippen LogP contribution < -0.4 is 20.3 Å².